The molecule has 2 rings (SSSR count). The number of benzene rings is 1. The largest absolute Gasteiger partial charge is 0.493 e. The molecule has 1 aromatic carbocycles. The number of hydrogen-bond acceptors (Lipinski definition) is 6. The molecule has 0 spiro atoms. The summed E-state index contributed by atoms with van der Waals surface area (Å²) < 4.78 is 17.7. The molecule has 1 aromatic heterocycles. The molecule has 0 bridgehead atoms. The number of rotatable bonds is 7. The predicted octanol–water partition coefficient (Wildman–Crippen LogP) is 1.79. The van der Waals surface area contributed by atoms with E-state index in [9.17, 15) is 4.79 Å². The fourth-order valence-corrected chi connectivity index (χ4v) is 2.60. The standard InChI is InChI=1S/C17H24N4O4.ClH/c1-18-15(11-9-19-20(2)10-11)17(22)21(3)12-7-13(23-4)16(25-6)14(8-12)24-5;/h7-10,15,18H,1-6H3;1H. The molecular weight excluding hydrogens is 360 g/mol. The number of amides is 1. The molecule has 0 aliphatic heterocycles. The first-order valence-electron chi connectivity index (χ1n) is 7.70. The maximum atomic E-state index is 13.0. The molecule has 0 saturated carbocycles. The molecule has 1 atom stereocenters. The minimum absolute atomic E-state index is 0. The summed E-state index contributed by atoms with van der Waals surface area (Å²) in [5, 5.41) is 7.16. The third kappa shape index (κ3) is 4.20. The predicted molar refractivity (Wildman–Crippen MR) is 102 cm³/mol. The summed E-state index contributed by atoms with van der Waals surface area (Å²) in [6.45, 7) is 0. The van der Waals surface area contributed by atoms with Gasteiger partial charge in [0.05, 0.1) is 33.2 Å². The van der Waals surface area contributed by atoms with Crippen molar-refractivity contribution < 1.29 is 19.0 Å². The molecule has 0 aliphatic rings. The summed E-state index contributed by atoms with van der Waals surface area (Å²) in [5.41, 5.74) is 1.41. The zero-order valence-electron chi connectivity index (χ0n) is 15.8. The van der Waals surface area contributed by atoms with Gasteiger partial charge in [0.15, 0.2) is 11.5 Å². The number of nitrogens with zero attached hydrogens (tertiary/aromatic N) is 3. The van der Waals surface area contributed by atoms with Gasteiger partial charge < -0.3 is 24.4 Å². The van der Waals surface area contributed by atoms with E-state index < -0.39 is 6.04 Å². The van der Waals surface area contributed by atoms with E-state index in [1.54, 1.807) is 42.0 Å². The third-order valence-corrected chi connectivity index (χ3v) is 3.96. The van der Waals surface area contributed by atoms with Crippen LogP contribution < -0.4 is 24.4 Å². The number of ether oxygens (including phenoxy) is 3. The number of carbonyl (C=O) groups excluding carboxylic acids is 1. The molecule has 144 valence electrons. The van der Waals surface area contributed by atoms with Crippen molar-refractivity contribution in [3.63, 3.8) is 0 Å². The van der Waals surface area contributed by atoms with Crippen LogP contribution in [0.25, 0.3) is 0 Å². The van der Waals surface area contributed by atoms with E-state index in [1.807, 2.05) is 13.2 Å². The summed E-state index contributed by atoms with van der Waals surface area (Å²) in [4.78, 5) is 14.5. The number of aryl methyl sites for hydroxylation is 1. The van der Waals surface area contributed by atoms with Gasteiger partial charge in [-0.05, 0) is 7.05 Å². The van der Waals surface area contributed by atoms with Crippen molar-refractivity contribution in [1.82, 2.24) is 15.1 Å². The highest BCUT2D eigenvalue weighted by Crippen LogP contribution is 2.41. The minimum atomic E-state index is -0.516. The average molecular weight is 385 g/mol. The van der Waals surface area contributed by atoms with Crippen LogP contribution in [0.3, 0.4) is 0 Å². The van der Waals surface area contributed by atoms with Crippen LogP contribution in [0.15, 0.2) is 24.5 Å². The highest BCUT2D eigenvalue weighted by molar-refractivity contribution is 5.97. The van der Waals surface area contributed by atoms with Crippen LogP contribution in [0.5, 0.6) is 17.2 Å². The molecule has 9 heteroatoms. The highest BCUT2D eigenvalue weighted by Gasteiger charge is 2.26. The van der Waals surface area contributed by atoms with E-state index in [1.165, 1.54) is 21.3 Å². The van der Waals surface area contributed by atoms with Gasteiger partial charge in [-0.25, -0.2) is 0 Å². The number of nitrogens with one attached hydrogen (secondary N) is 1. The van der Waals surface area contributed by atoms with Gasteiger partial charge in [0.2, 0.25) is 11.7 Å². The normalized spacial score (nSPS) is 11.3. The molecular formula is C17H25ClN4O4. The number of likely N-dealkylation sites (N-methyl/N-ethyl adjacent to an activating group) is 2. The van der Waals surface area contributed by atoms with Crippen LogP contribution in [0.1, 0.15) is 11.6 Å². The molecule has 1 N–H and O–H groups in total. The Hall–Kier alpha value is -2.45. The second kappa shape index (κ2) is 9.30. The van der Waals surface area contributed by atoms with Crippen molar-refractivity contribution in [2.75, 3.05) is 40.3 Å². The zero-order chi connectivity index (χ0) is 18.6. The monoisotopic (exact) mass is 384 g/mol. The first kappa shape index (κ1) is 21.6. The fourth-order valence-electron chi connectivity index (χ4n) is 2.60. The van der Waals surface area contributed by atoms with Gasteiger partial charge in [-0.15, -0.1) is 12.4 Å². The van der Waals surface area contributed by atoms with Crippen LogP contribution in [0.2, 0.25) is 0 Å². The lowest BCUT2D eigenvalue weighted by Gasteiger charge is -2.24. The zero-order valence-corrected chi connectivity index (χ0v) is 16.6. The van der Waals surface area contributed by atoms with Crippen LogP contribution >= 0.6 is 12.4 Å². The Bertz CT molecular complexity index is 725. The van der Waals surface area contributed by atoms with Gasteiger partial charge in [0, 0.05) is 38.0 Å². The second-order valence-electron chi connectivity index (χ2n) is 5.45. The molecule has 1 amide bonds. The maximum absolute atomic E-state index is 13.0. The van der Waals surface area contributed by atoms with Gasteiger partial charge in [0.25, 0.3) is 0 Å². The summed E-state index contributed by atoms with van der Waals surface area (Å²) in [5.74, 6) is 1.31. The molecule has 0 saturated heterocycles. The lowest BCUT2D eigenvalue weighted by Crippen LogP contribution is -2.37. The Morgan fingerprint density at radius 3 is 2.15 bits per heavy atom. The minimum Gasteiger partial charge on any atom is -0.493 e. The van der Waals surface area contributed by atoms with E-state index in [0.29, 0.717) is 22.9 Å². The molecule has 0 radical (unpaired) electrons. The van der Waals surface area contributed by atoms with Crippen molar-refractivity contribution in [1.29, 1.82) is 0 Å². The van der Waals surface area contributed by atoms with Crippen LogP contribution in [-0.4, -0.2) is 51.1 Å². The van der Waals surface area contributed by atoms with Crippen molar-refractivity contribution in [3.8, 4) is 17.2 Å². The number of methoxy groups -OCH3 is 3. The van der Waals surface area contributed by atoms with E-state index in [-0.39, 0.29) is 18.3 Å². The van der Waals surface area contributed by atoms with E-state index in [4.69, 9.17) is 14.2 Å². The summed E-state index contributed by atoms with van der Waals surface area (Å²) in [6.07, 6.45) is 3.48. The Morgan fingerprint density at radius 1 is 1.19 bits per heavy atom. The molecule has 0 fully saturated rings. The Morgan fingerprint density at radius 2 is 1.77 bits per heavy atom. The average Bonchev–Trinajstić information content (AvgIpc) is 3.06. The number of hydrogen-bond donors (Lipinski definition) is 1. The second-order valence-corrected chi connectivity index (χ2v) is 5.45. The van der Waals surface area contributed by atoms with Crippen molar-refractivity contribution in [2.45, 2.75) is 6.04 Å². The molecule has 1 heterocycles. The summed E-state index contributed by atoms with van der Waals surface area (Å²) in [7, 11) is 9.85. The van der Waals surface area contributed by atoms with E-state index in [2.05, 4.69) is 10.4 Å². The first-order chi connectivity index (χ1) is 12.0. The summed E-state index contributed by atoms with van der Waals surface area (Å²) >= 11 is 0. The lowest BCUT2D eigenvalue weighted by molar-refractivity contribution is -0.120. The topological polar surface area (TPSA) is 77.9 Å². The maximum Gasteiger partial charge on any atom is 0.248 e. The molecule has 8 nitrogen and oxygen atoms in total. The number of anilines is 1. The van der Waals surface area contributed by atoms with Gasteiger partial charge >= 0.3 is 0 Å². The Balaban J connectivity index is 0.00000338. The van der Waals surface area contributed by atoms with Crippen molar-refractivity contribution in [2.24, 2.45) is 7.05 Å². The molecule has 1 unspecified atom stereocenters. The molecule has 26 heavy (non-hydrogen) atoms. The van der Waals surface area contributed by atoms with Crippen LogP contribution in [0, 0.1) is 0 Å². The van der Waals surface area contributed by atoms with Gasteiger partial charge in [-0.3, -0.25) is 9.48 Å². The van der Waals surface area contributed by atoms with Gasteiger partial charge in [-0.1, -0.05) is 0 Å². The smallest absolute Gasteiger partial charge is 0.248 e. The van der Waals surface area contributed by atoms with Gasteiger partial charge in [-0.2, -0.15) is 5.10 Å². The fraction of sp³-hybridized carbons (Fsp3) is 0.412. The number of aromatic nitrogens is 2. The van der Waals surface area contributed by atoms with Crippen LogP contribution in [0.4, 0.5) is 5.69 Å². The van der Waals surface area contributed by atoms with Gasteiger partial charge in [0.1, 0.15) is 6.04 Å². The van der Waals surface area contributed by atoms with E-state index >= 15 is 0 Å². The van der Waals surface area contributed by atoms with Crippen molar-refractivity contribution in [3.05, 3.63) is 30.1 Å². The summed E-state index contributed by atoms with van der Waals surface area (Å²) in [6, 6.07) is 2.95. The third-order valence-electron chi connectivity index (χ3n) is 3.96. The molecule has 2 aromatic rings. The van der Waals surface area contributed by atoms with E-state index in [0.717, 1.165) is 5.56 Å². The molecule has 0 aliphatic carbocycles. The Labute approximate surface area is 159 Å². The van der Waals surface area contributed by atoms with Crippen molar-refractivity contribution >= 4 is 24.0 Å². The van der Waals surface area contributed by atoms with Crippen LogP contribution in [-0.2, 0) is 11.8 Å². The number of carbonyl (C=O) groups is 1. The quantitative estimate of drug-likeness (QED) is 0.784. The number of halogens is 1. The first-order valence-corrected chi connectivity index (χ1v) is 7.70. The highest BCUT2D eigenvalue weighted by atomic mass is 35.5. The SMILES string of the molecule is CNC(C(=O)N(C)c1cc(OC)c(OC)c(OC)c1)c1cnn(C)c1.Cl. The lowest BCUT2D eigenvalue weighted by atomic mass is 10.1. The Kier molecular flexibility index (Phi) is 7.73.